The van der Waals surface area contributed by atoms with Gasteiger partial charge in [-0.05, 0) is 48.4 Å². The van der Waals surface area contributed by atoms with Crippen molar-refractivity contribution < 1.29 is 0 Å². The molecule has 0 saturated carbocycles. The molecule has 0 aliphatic carbocycles. The predicted octanol–water partition coefficient (Wildman–Crippen LogP) is 4.55. The molecule has 2 unspecified atom stereocenters. The van der Waals surface area contributed by atoms with Crippen LogP contribution in [-0.4, -0.2) is 55.0 Å². The Morgan fingerprint density at radius 3 is 2.70 bits per heavy atom. The first-order valence-corrected chi connectivity index (χ1v) is 12.6. The molecule has 8 heteroatoms. The number of aromatic nitrogens is 6. The van der Waals surface area contributed by atoms with E-state index in [1.807, 2.05) is 41.2 Å². The Morgan fingerprint density at radius 2 is 1.84 bits per heavy atom. The highest BCUT2D eigenvalue weighted by Crippen LogP contribution is 2.39. The fourth-order valence-corrected chi connectivity index (χ4v) is 6.03. The van der Waals surface area contributed by atoms with E-state index in [-0.39, 0.29) is 0 Å². The van der Waals surface area contributed by atoms with Crippen molar-refractivity contribution >= 4 is 22.2 Å². The molecule has 8 nitrogen and oxygen atoms in total. The maximum Gasteiger partial charge on any atom is 0.164 e. The van der Waals surface area contributed by atoms with Gasteiger partial charge >= 0.3 is 0 Å². The summed E-state index contributed by atoms with van der Waals surface area (Å²) in [6.07, 6.45) is 8.59. The zero-order valence-electron chi connectivity index (χ0n) is 20.0. The summed E-state index contributed by atoms with van der Waals surface area (Å²) in [6, 6.07) is 22.2. The van der Waals surface area contributed by atoms with Crippen molar-refractivity contribution in [3.63, 3.8) is 0 Å². The van der Waals surface area contributed by atoms with Crippen LogP contribution < -0.4 is 10.2 Å². The lowest BCUT2D eigenvalue weighted by Crippen LogP contribution is -2.43. The molecular weight excluding hydrogens is 460 g/mol. The van der Waals surface area contributed by atoms with Gasteiger partial charge in [0.25, 0.3) is 0 Å². The van der Waals surface area contributed by atoms with Gasteiger partial charge in [-0.15, -0.1) is 0 Å². The van der Waals surface area contributed by atoms with Gasteiger partial charge in [0.05, 0.1) is 23.0 Å². The first kappa shape index (κ1) is 20.6. The topological polar surface area (TPSA) is 87.0 Å². The van der Waals surface area contributed by atoms with Crippen LogP contribution in [0.15, 0.2) is 85.5 Å². The molecule has 0 amide bonds. The minimum atomic E-state index is 0.572. The van der Waals surface area contributed by atoms with Crippen molar-refractivity contribution in [2.24, 2.45) is 0 Å². The summed E-state index contributed by atoms with van der Waals surface area (Å²) in [5.74, 6) is 0. The summed E-state index contributed by atoms with van der Waals surface area (Å²) < 4.78 is 1.99. The number of hydrogen-bond donors (Lipinski definition) is 2. The molecule has 0 radical (unpaired) electrons. The number of benzene rings is 2. The van der Waals surface area contributed by atoms with Crippen molar-refractivity contribution in [2.45, 2.75) is 18.5 Å². The highest BCUT2D eigenvalue weighted by atomic mass is 15.3. The van der Waals surface area contributed by atoms with E-state index in [4.69, 9.17) is 10.1 Å². The average molecular weight is 485 g/mol. The summed E-state index contributed by atoms with van der Waals surface area (Å²) in [4.78, 5) is 11.6. The molecule has 2 bridgehead atoms. The van der Waals surface area contributed by atoms with Crippen LogP contribution in [0.25, 0.3) is 50.2 Å². The van der Waals surface area contributed by atoms with Crippen LogP contribution in [0.3, 0.4) is 0 Å². The molecule has 6 heterocycles. The molecule has 4 aromatic heterocycles. The van der Waals surface area contributed by atoms with Crippen LogP contribution >= 0.6 is 0 Å². The van der Waals surface area contributed by atoms with Crippen LogP contribution in [0, 0.1) is 0 Å². The highest BCUT2D eigenvalue weighted by molar-refractivity contribution is 6.02. The molecule has 2 aliphatic heterocycles. The third kappa shape index (κ3) is 3.19. The monoisotopic (exact) mass is 484 g/mol. The number of rotatable bonds is 4. The van der Waals surface area contributed by atoms with Gasteiger partial charge in [0, 0.05) is 66.0 Å². The van der Waals surface area contributed by atoms with Crippen LogP contribution in [0.2, 0.25) is 0 Å². The molecule has 8 rings (SSSR count). The van der Waals surface area contributed by atoms with Crippen LogP contribution in [0.4, 0.5) is 5.69 Å². The lowest BCUT2D eigenvalue weighted by molar-refractivity contribution is 0.580. The summed E-state index contributed by atoms with van der Waals surface area (Å²) in [7, 11) is 0. The minimum Gasteiger partial charge on any atom is -0.366 e. The summed E-state index contributed by atoms with van der Waals surface area (Å²) >= 11 is 0. The number of aromatic amines is 1. The summed E-state index contributed by atoms with van der Waals surface area (Å²) in [6.45, 7) is 2.12. The van der Waals surface area contributed by atoms with Gasteiger partial charge in [-0.2, -0.15) is 10.2 Å². The van der Waals surface area contributed by atoms with E-state index in [0.29, 0.717) is 12.1 Å². The fraction of sp³-hybridized carbons (Fsp3) is 0.172. The average Bonchev–Trinajstić information content (AvgIpc) is 3.76. The second kappa shape index (κ2) is 7.97. The SMILES string of the molecule is c1cc(-c2ccnc3c(-c4cccc5[nH]ncc45)c(-c4ccncc4)nn23)cc(N2CC3CC2CN3)c1. The Balaban J connectivity index is 1.35. The summed E-state index contributed by atoms with van der Waals surface area (Å²) in [5.41, 5.74) is 9.09. The first-order chi connectivity index (χ1) is 18.3. The smallest absolute Gasteiger partial charge is 0.164 e. The molecule has 2 fully saturated rings. The normalized spacial score (nSPS) is 18.9. The Bertz CT molecular complexity index is 1770. The van der Waals surface area contributed by atoms with Gasteiger partial charge < -0.3 is 10.2 Å². The quantitative estimate of drug-likeness (QED) is 0.382. The number of nitrogens with zero attached hydrogens (tertiary/aromatic N) is 6. The van der Waals surface area contributed by atoms with Crippen molar-refractivity contribution in [3.8, 4) is 33.6 Å². The van der Waals surface area contributed by atoms with Gasteiger partial charge in [0.1, 0.15) is 5.69 Å². The highest BCUT2D eigenvalue weighted by Gasteiger charge is 2.37. The first-order valence-electron chi connectivity index (χ1n) is 12.6. The van der Waals surface area contributed by atoms with E-state index in [1.165, 1.54) is 12.1 Å². The number of H-pyrrole nitrogens is 1. The van der Waals surface area contributed by atoms with E-state index < -0.39 is 0 Å². The second-order valence-electron chi connectivity index (χ2n) is 9.86. The Hall–Kier alpha value is -4.56. The summed E-state index contributed by atoms with van der Waals surface area (Å²) in [5, 5.41) is 17.2. The molecule has 2 saturated heterocycles. The predicted molar refractivity (Wildman–Crippen MR) is 144 cm³/mol. The molecule has 37 heavy (non-hydrogen) atoms. The zero-order chi connectivity index (χ0) is 24.3. The van der Waals surface area contributed by atoms with E-state index in [2.05, 4.69) is 61.8 Å². The number of piperazine rings is 1. The lowest BCUT2D eigenvalue weighted by Gasteiger charge is -2.29. The van der Waals surface area contributed by atoms with Crippen molar-refractivity contribution in [3.05, 3.63) is 85.5 Å². The maximum absolute atomic E-state index is 5.16. The second-order valence-corrected chi connectivity index (χ2v) is 9.86. The van der Waals surface area contributed by atoms with Gasteiger partial charge in [0.15, 0.2) is 5.65 Å². The number of anilines is 1. The van der Waals surface area contributed by atoms with Crippen molar-refractivity contribution in [1.82, 2.24) is 35.1 Å². The standard InChI is InChI=1S/C29H24N8/c1-3-19(13-21(4-1)36-17-20-14-22(36)15-32-20)26-9-12-31-29-27(23-5-2-6-25-24(23)16-33-34-25)28(35-37(26)29)18-7-10-30-11-8-18/h1-13,16,20,22,32H,14-15,17H2,(H,33,34). The van der Waals surface area contributed by atoms with Gasteiger partial charge in [-0.1, -0.05) is 24.3 Å². The van der Waals surface area contributed by atoms with Crippen molar-refractivity contribution in [1.29, 1.82) is 0 Å². The molecule has 180 valence electrons. The maximum atomic E-state index is 5.16. The number of pyridine rings is 1. The third-order valence-corrected chi connectivity index (χ3v) is 7.76. The molecule has 2 atom stereocenters. The molecular formula is C29H24N8. The van der Waals surface area contributed by atoms with E-state index >= 15 is 0 Å². The fourth-order valence-electron chi connectivity index (χ4n) is 6.03. The Kier molecular flexibility index (Phi) is 4.44. The van der Waals surface area contributed by atoms with E-state index in [0.717, 1.165) is 63.3 Å². The molecule has 2 aliphatic rings. The molecule has 2 N–H and O–H groups in total. The van der Waals surface area contributed by atoms with Crippen LogP contribution in [0.1, 0.15) is 6.42 Å². The van der Waals surface area contributed by atoms with Gasteiger partial charge in [0.2, 0.25) is 0 Å². The molecule has 0 spiro atoms. The van der Waals surface area contributed by atoms with E-state index in [1.54, 1.807) is 12.4 Å². The number of fused-ring (bicyclic) bond motifs is 4. The Labute approximate surface area is 213 Å². The zero-order valence-corrected chi connectivity index (χ0v) is 20.0. The lowest BCUT2D eigenvalue weighted by atomic mass is 9.99. The third-order valence-electron chi connectivity index (χ3n) is 7.76. The molecule has 2 aromatic carbocycles. The van der Waals surface area contributed by atoms with Crippen LogP contribution in [-0.2, 0) is 0 Å². The molecule has 6 aromatic rings. The van der Waals surface area contributed by atoms with Crippen molar-refractivity contribution in [2.75, 3.05) is 18.0 Å². The number of hydrogen-bond acceptors (Lipinski definition) is 6. The van der Waals surface area contributed by atoms with E-state index in [9.17, 15) is 0 Å². The minimum absolute atomic E-state index is 0.572. The number of nitrogens with one attached hydrogen (secondary N) is 2. The van der Waals surface area contributed by atoms with Gasteiger partial charge in [-0.25, -0.2) is 9.50 Å². The van der Waals surface area contributed by atoms with Gasteiger partial charge in [-0.3, -0.25) is 10.1 Å². The Morgan fingerprint density at radius 1 is 0.919 bits per heavy atom. The largest absolute Gasteiger partial charge is 0.366 e. The van der Waals surface area contributed by atoms with Crippen LogP contribution in [0.5, 0.6) is 0 Å².